The third-order valence-corrected chi connectivity index (χ3v) is 2.87. The Morgan fingerprint density at radius 2 is 1.85 bits per heavy atom. The maximum atomic E-state index is 10.5. The molecular formula is C16H34N2O2. The molecule has 120 valence electrons. The zero-order chi connectivity index (χ0) is 15.6. The van der Waals surface area contributed by atoms with Crippen molar-refractivity contribution in [2.45, 2.75) is 78.6 Å². The molecule has 1 heterocycles. The van der Waals surface area contributed by atoms with Gasteiger partial charge in [-0.25, -0.2) is 0 Å². The molecule has 4 heteroatoms. The lowest BCUT2D eigenvalue weighted by molar-refractivity contribution is -0.140. The second-order valence-electron chi connectivity index (χ2n) is 4.57. The van der Waals surface area contributed by atoms with Gasteiger partial charge in [0.1, 0.15) is 0 Å². The van der Waals surface area contributed by atoms with Crippen LogP contribution >= 0.6 is 0 Å². The lowest BCUT2D eigenvalue weighted by atomic mass is 10.1. The first-order valence-corrected chi connectivity index (χ1v) is 8.06. The molecule has 0 amide bonds. The van der Waals surface area contributed by atoms with Crippen LogP contribution in [-0.2, 0) is 9.53 Å². The molecule has 1 aliphatic heterocycles. The number of esters is 1. The minimum atomic E-state index is -0.0940. The van der Waals surface area contributed by atoms with Crippen LogP contribution in [0.25, 0.3) is 0 Å². The second kappa shape index (κ2) is 17.9. The van der Waals surface area contributed by atoms with Gasteiger partial charge >= 0.3 is 5.97 Å². The Bertz CT molecular complexity index is 241. The number of hydrogen-bond donors (Lipinski definition) is 1. The number of ether oxygens (including phenoxy) is 1. The summed E-state index contributed by atoms with van der Waals surface area (Å²) >= 11 is 0. The van der Waals surface area contributed by atoms with Gasteiger partial charge in [-0.3, -0.25) is 9.79 Å². The van der Waals surface area contributed by atoms with E-state index in [0.717, 1.165) is 38.1 Å². The number of hydrogen-bond acceptors (Lipinski definition) is 4. The topological polar surface area (TPSA) is 64.7 Å². The highest BCUT2D eigenvalue weighted by Crippen LogP contribution is 2.06. The van der Waals surface area contributed by atoms with Gasteiger partial charge in [0, 0.05) is 19.4 Å². The van der Waals surface area contributed by atoms with Crippen molar-refractivity contribution < 1.29 is 9.53 Å². The van der Waals surface area contributed by atoms with Gasteiger partial charge in [0.15, 0.2) is 0 Å². The Morgan fingerprint density at radius 3 is 2.45 bits per heavy atom. The van der Waals surface area contributed by atoms with E-state index in [1.807, 2.05) is 13.8 Å². The predicted molar refractivity (Wildman–Crippen MR) is 87.1 cm³/mol. The van der Waals surface area contributed by atoms with E-state index < -0.39 is 0 Å². The van der Waals surface area contributed by atoms with Crippen LogP contribution in [0.15, 0.2) is 4.99 Å². The number of aliphatic imine (C=N–C) groups is 1. The van der Waals surface area contributed by atoms with Crippen molar-refractivity contribution in [3.05, 3.63) is 0 Å². The number of nitrogens with two attached hydrogens (primary N) is 1. The van der Waals surface area contributed by atoms with Gasteiger partial charge in [0.2, 0.25) is 0 Å². The first kappa shape index (κ1) is 21.2. The van der Waals surface area contributed by atoms with Gasteiger partial charge in [-0.05, 0) is 19.3 Å². The minimum Gasteiger partial charge on any atom is -0.469 e. The van der Waals surface area contributed by atoms with Crippen molar-refractivity contribution in [3.8, 4) is 0 Å². The quantitative estimate of drug-likeness (QED) is 0.625. The third-order valence-electron chi connectivity index (χ3n) is 2.87. The number of carbonyl (C=O) groups excluding carboxylic acids is 1. The Hall–Kier alpha value is -1.06. The molecule has 0 bridgehead atoms. The van der Waals surface area contributed by atoms with E-state index in [-0.39, 0.29) is 5.97 Å². The molecule has 0 aromatic heterocycles. The van der Waals surface area contributed by atoms with Crippen LogP contribution < -0.4 is 5.73 Å². The molecule has 0 saturated carbocycles. The fourth-order valence-corrected chi connectivity index (χ4v) is 1.69. The Kier molecular flexibility index (Phi) is 19.1. The fourth-order valence-electron chi connectivity index (χ4n) is 1.69. The van der Waals surface area contributed by atoms with Gasteiger partial charge in [-0.1, -0.05) is 46.5 Å². The van der Waals surface area contributed by atoms with Crippen molar-refractivity contribution in [1.82, 2.24) is 0 Å². The van der Waals surface area contributed by atoms with Crippen LogP contribution in [0, 0.1) is 0 Å². The van der Waals surface area contributed by atoms with Crippen molar-refractivity contribution in [2.24, 2.45) is 10.7 Å². The summed E-state index contributed by atoms with van der Waals surface area (Å²) in [4.78, 5) is 14.6. The summed E-state index contributed by atoms with van der Waals surface area (Å²) in [6.07, 6.45) is 9.93. The van der Waals surface area contributed by atoms with Crippen molar-refractivity contribution >= 4 is 11.8 Å². The van der Waals surface area contributed by atoms with Crippen LogP contribution in [0.4, 0.5) is 0 Å². The highest BCUT2D eigenvalue weighted by atomic mass is 16.5. The predicted octanol–water partition coefficient (Wildman–Crippen LogP) is 4.07. The highest BCUT2D eigenvalue weighted by Gasteiger charge is 1.97. The van der Waals surface area contributed by atoms with Crippen LogP contribution in [0.3, 0.4) is 0 Å². The number of rotatable bonds is 4. The van der Waals surface area contributed by atoms with Crippen LogP contribution in [0.5, 0.6) is 0 Å². The maximum absolute atomic E-state index is 10.5. The Labute approximate surface area is 125 Å². The number of nitrogens with zero attached hydrogens (tertiary/aromatic N) is 1. The number of amidine groups is 1. The van der Waals surface area contributed by atoms with Gasteiger partial charge in [-0.15, -0.1) is 0 Å². The van der Waals surface area contributed by atoms with Gasteiger partial charge in [-0.2, -0.15) is 0 Å². The van der Waals surface area contributed by atoms with E-state index >= 15 is 0 Å². The molecule has 0 aromatic carbocycles. The standard InChI is InChI=1S/C7H14N2.C7H14O2.C2H6/c8-7-5-3-1-2-4-6-9-7;1-3-4-5-6-7(8)9-2;1-2/h1-6H2,(H2,8,9);3-6H2,1-2H3;1-2H3. The summed E-state index contributed by atoms with van der Waals surface area (Å²) in [5.74, 6) is 0.762. The Morgan fingerprint density at radius 1 is 1.20 bits per heavy atom. The molecule has 2 N–H and O–H groups in total. The monoisotopic (exact) mass is 286 g/mol. The van der Waals surface area contributed by atoms with Crippen molar-refractivity contribution in [3.63, 3.8) is 0 Å². The van der Waals surface area contributed by atoms with Crippen LogP contribution in [-0.4, -0.2) is 25.5 Å². The minimum absolute atomic E-state index is 0.0940. The second-order valence-corrected chi connectivity index (χ2v) is 4.57. The summed E-state index contributed by atoms with van der Waals surface area (Å²) in [5, 5.41) is 0. The van der Waals surface area contributed by atoms with E-state index in [4.69, 9.17) is 5.73 Å². The van der Waals surface area contributed by atoms with Crippen LogP contribution in [0.2, 0.25) is 0 Å². The summed E-state index contributed by atoms with van der Waals surface area (Å²) < 4.78 is 4.46. The number of methoxy groups -OCH3 is 1. The molecule has 20 heavy (non-hydrogen) atoms. The molecule has 0 aliphatic carbocycles. The zero-order valence-electron chi connectivity index (χ0n) is 13.9. The van der Waals surface area contributed by atoms with Gasteiger partial charge in [0.05, 0.1) is 12.9 Å². The largest absolute Gasteiger partial charge is 0.469 e. The normalized spacial score (nSPS) is 14.3. The molecule has 1 rings (SSSR count). The first-order valence-electron chi connectivity index (χ1n) is 8.06. The highest BCUT2D eigenvalue weighted by molar-refractivity contribution is 5.80. The number of unbranched alkanes of at least 4 members (excludes halogenated alkanes) is 2. The van der Waals surface area contributed by atoms with E-state index in [9.17, 15) is 4.79 Å². The van der Waals surface area contributed by atoms with Crippen molar-refractivity contribution in [2.75, 3.05) is 13.7 Å². The van der Waals surface area contributed by atoms with E-state index in [1.165, 1.54) is 32.8 Å². The summed E-state index contributed by atoms with van der Waals surface area (Å²) in [6, 6.07) is 0. The van der Waals surface area contributed by atoms with E-state index in [1.54, 1.807) is 0 Å². The molecule has 0 fully saturated rings. The average Bonchev–Trinajstić information content (AvgIpc) is 2.46. The number of carbonyl (C=O) groups is 1. The zero-order valence-corrected chi connectivity index (χ0v) is 13.9. The third kappa shape index (κ3) is 16.9. The molecule has 0 radical (unpaired) electrons. The molecule has 0 spiro atoms. The van der Waals surface area contributed by atoms with Crippen molar-refractivity contribution in [1.29, 1.82) is 0 Å². The SMILES string of the molecule is CC.CCCCCC(=O)OC.NC1=NCCCCCC1. The van der Waals surface area contributed by atoms with Gasteiger partial charge in [0.25, 0.3) is 0 Å². The molecule has 0 atom stereocenters. The summed E-state index contributed by atoms with van der Waals surface area (Å²) in [5.41, 5.74) is 5.55. The lowest BCUT2D eigenvalue weighted by Crippen LogP contribution is -2.13. The average molecular weight is 286 g/mol. The smallest absolute Gasteiger partial charge is 0.305 e. The summed E-state index contributed by atoms with van der Waals surface area (Å²) in [7, 11) is 1.42. The molecule has 0 saturated heterocycles. The van der Waals surface area contributed by atoms with E-state index in [2.05, 4.69) is 16.7 Å². The molecule has 0 unspecified atom stereocenters. The molecule has 4 nitrogen and oxygen atoms in total. The van der Waals surface area contributed by atoms with E-state index in [0.29, 0.717) is 6.42 Å². The Balaban J connectivity index is 0. The summed E-state index contributed by atoms with van der Waals surface area (Å²) in [6.45, 7) is 7.06. The maximum Gasteiger partial charge on any atom is 0.305 e. The lowest BCUT2D eigenvalue weighted by Gasteiger charge is -2.04. The first-order chi connectivity index (χ1) is 9.70. The molecule has 0 aromatic rings. The fraction of sp³-hybridized carbons (Fsp3) is 0.875. The molecule has 1 aliphatic rings. The molecular weight excluding hydrogens is 252 g/mol. The van der Waals surface area contributed by atoms with Crippen LogP contribution in [0.1, 0.15) is 78.6 Å². The van der Waals surface area contributed by atoms with Gasteiger partial charge < -0.3 is 10.5 Å².